The van der Waals surface area contributed by atoms with Gasteiger partial charge in [-0.2, -0.15) is 5.26 Å². The van der Waals surface area contributed by atoms with Crippen LogP contribution in [0.4, 0.5) is 5.69 Å². The van der Waals surface area contributed by atoms with Crippen molar-refractivity contribution in [2.75, 3.05) is 18.4 Å². The number of amides is 1. The highest BCUT2D eigenvalue weighted by molar-refractivity contribution is 5.80. The zero-order valence-electron chi connectivity index (χ0n) is 10.0. The van der Waals surface area contributed by atoms with E-state index in [1.165, 1.54) is 6.20 Å². The lowest BCUT2D eigenvalue weighted by Gasteiger charge is -2.09. The Labute approximate surface area is 101 Å². The molecule has 2 N–H and O–H groups in total. The van der Waals surface area contributed by atoms with Crippen LogP contribution in [0.3, 0.4) is 0 Å². The third kappa shape index (κ3) is 4.98. The number of hydrogen-bond donors (Lipinski definition) is 2. The Balaban J connectivity index is 2.40. The molecule has 1 rings (SSSR count). The van der Waals surface area contributed by atoms with Crippen LogP contribution < -0.4 is 10.6 Å². The molecule has 0 spiro atoms. The standard InChI is InChI=1S/C12H16N4O/c1-9(2)7-16-12(17)8-15-10-3-4-14-11(5-10)6-13/h3-5,9H,7-8H2,1-2H3,(H,14,15)(H,16,17). The largest absolute Gasteiger partial charge is 0.376 e. The van der Waals surface area contributed by atoms with Crippen LogP contribution >= 0.6 is 0 Å². The fourth-order valence-electron chi connectivity index (χ4n) is 1.16. The van der Waals surface area contributed by atoms with Gasteiger partial charge >= 0.3 is 0 Å². The number of aromatic nitrogens is 1. The van der Waals surface area contributed by atoms with Crippen LogP contribution in [0.1, 0.15) is 19.5 Å². The number of nitriles is 1. The van der Waals surface area contributed by atoms with Gasteiger partial charge in [0.05, 0.1) is 6.54 Å². The van der Waals surface area contributed by atoms with Crippen molar-refractivity contribution < 1.29 is 4.79 Å². The minimum Gasteiger partial charge on any atom is -0.376 e. The normalized spacial score (nSPS) is 9.76. The first kappa shape index (κ1) is 13.0. The lowest BCUT2D eigenvalue weighted by Crippen LogP contribution is -2.32. The molecule has 0 aliphatic heterocycles. The topological polar surface area (TPSA) is 77.8 Å². The van der Waals surface area contributed by atoms with Gasteiger partial charge in [0.15, 0.2) is 0 Å². The number of anilines is 1. The Morgan fingerprint density at radius 2 is 2.35 bits per heavy atom. The van der Waals surface area contributed by atoms with Gasteiger partial charge in [0.25, 0.3) is 0 Å². The van der Waals surface area contributed by atoms with E-state index in [-0.39, 0.29) is 12.5 Å². The van der Waals surface area contributed by atoms with E-state index in [2.05, 4.69) is 15.6 Å². The van der Waals surface area contributed by atoms with Crippen molar-refractivity contribution in [3.63, 3.8) is 0 Å². The van der Waals surface area contributed by atoms with Crippen LogP contribution in [0.5, 0.6) is 0 Å². The molecule has 0 unspecified atom stereocenters. The molecule has 17 heavy (non-hydrogen) atoms. The number of nitrogens with one attached hydrogen (secondary N) is 2. The number of hydrogen-bond acceptors (Lipinski definition) is 4. The van der Waals surface area contributed by atoms with Gasteiger partial charge in [-0.3, -0.25) is 4.79 Å². The van der Waals surface area contributed by atoms with E-state index in [0.717, 1.165) is 5.69 Å². The monoisotopic (exact) mass is 232 g/mol. The van der Waals surface area contributed by atoms with Crippen molar-refractivity contribution in [1.82, 2.24) is 10.3 Å². The molecule has 0 aromatic carbocycles. The van der Waals surface area contributed by atoms with E-state index in [1.807, 2.05) is 19.9 Å². The predicted molar refractivity (Wildman–Crippen MR) is 65.3 cm³/mol. The zero-order chi connectivity index (χ0) is 12.7. The summed E-state index contributed by atoms with van der Waals surface area (Å²) in [4.78, 5) is 15.3. The van der Waals surface area contributed by atoms with Crippen LogP contribution in [-0.2, 0) is 4.79 Å². The summed E-state index contributed by atoms with van der Waals surface area (Å²) in [6.45, 7) is 4.94. The molecule has 0 fully saturated rings. The lowest BCUT2D eigenvalue weighted by molar-refractivity contribution is -0.119. The van der Waals surface area contributed by atoms with Gasteiger partial charge < -0.3 is 10.6 Å². The van der Waals surface area contributed by atoms with E-state index < -0.39 is 0 Å². The van der Waals surface area contributed by atoms with Crippen molar-refractivity contribution in [3.05, 3.63) is 24.0 Å². The van der Waals surface area contributed by atoms with Crippen LogP contribution in [-0.4, -0.2) is 24.0 Å². The molecule has 0 atom stereocenters. The summed E-state index contributed by atoms with van der Waals surface area (Å²) in [7, 11) is 0. The number of nitrogens with zero attached hydrogens (tertiary/aromatic N) is 2. The third-order valence-electron chi connectivity index (χ3n) is 2.04. The van der Waals surface area contributed by atoms with Crippen molar-refractivity contribution in [1.29, 1.82) is 5.26 Å². The van der Waals surface area contributed by atoms with Gasteiger partial charge in [0, 0.05) is 18.4 Å². The molecular weight excluding hydrogens is 216 g/mol. The van der Waals surface area contributed by atoms with Gasteiger partial charge in [-0.15, -0.1) is 0 Å². The Kier molecular flexibility index (Phi) is 4.95. The molecule has 5 heteroatoms. The molecule has 0 bridgehead atoms. The molecule has 0 radical (unpaired) electrons. The van der Waals surface area contributed by atoms with E-state index >= 15 is 0 Å². The summed E-state index contributed by atoms with van der Waals surface area (Å²) in [5.41, 5.74) is 1.05. The Hall–Kier alpha value is -2.09. The maximum atomic E-state index is 11.4. The maximum Gasteiger partial charge on any atom is 0.239 e. The molecule has 1 heterocycles. The summed E-state index contributed by atoms with van der Waals surface area (Å²) in [5.74, 6) is 0.374. The van der Waals surface area contributed by atoms with Crippen LogP contribution in [0.25, 0.3) is 0 Å². The average molecular weight is 232 g/mol. The summed E-state index contributed by atoms with van der Waals surface area (Å²) in [6.07, 6.45) is 1.53. The summed E-state index contributed by atoms with van der Waals surface area (Å²) in [6, 6.07) is 5.27. The molecule has 0 saturated carbocycles. The zero-order valence-corrected chi connectivity index (χ0v) is 10.0. The average Bonchev–Trinajstić information content (AvgIpc) is 2.34. The van der Waals surface area contributed by atoms with Crippen molar-refractivity contribution in [2.24, 2.45) is 5.92 Å². The minimum atomic E-state index is -0.0611. The molecular formula is C12H16N4O. The molecule has 90 valence electrons. The molecule has 0 aliphatic carbocycles. The Bertz CT molecular complexity index is 423. The maximum absolute atomic E-state index is 11.4. The SMILES string of the molecule is CC(C)CNC(=O)CNc1ccnc(C#N)c1. The molecule has 0 aliphatic rings. The van der Waals surface area contributed by atoms with Gasteiger partial charge in [0.2, 0.25) is 5.91 Å². The van der Waals surface area contributed by atoms with Crippen LogP contribution in [0.2, 0.25) is 0 Å². The molecule has 0 saturated heterocycles. The van der Waals surface area contributed by atoms with E-state index in [4.69, 9.17) is 5.26 Å². The van der Waals surface area contributed by atoms with Crippen molar-refractivity contribution in [3.8, 4) is 6.07 Å². The van der Waals surface area contributed by atoms with E-state index in [1.54, 1.807) is 12.1 Å². The number of pyridine rings is 1. The molecule has 1 aromatic heterocycles. The quantitative estimate of drug-likeness (QED) is 0.798. The van der Waals surface area contributed by atoms with Crippen molar-refractivity contribution in [2.45, 2.75) is 13.8 Å². The highest BCUT2D eigenvalue weighted by Crippen LogP contribution is 2.06. The number of carbonyl (C=O) groups excluding carboxylic acids is 1. The first-order valence-electron chi connectivity index (χ1n) is 5.48. The number of carbonyl (C=O) groups is 1. The van der Waals surface area contributed by atoms with Crippen LogP contribution in [0, 0.1) is 17.2 Å². The fraction of sp³-hybridized carbons (Fsp3) is 0.417. The summed E-state index contributed by atoms with van der Waals surface area (Å²) >= 11 is 0. The second-order valence-corrected chi connectivity index (χ2v) is 4.09. The lowest BCUT2D eigenvalue weighted by atomic mass is 10.2. The van der Waals surface area contributed by atoms with Crippen LogP contribution in [0.15, 0.2) is 18.3 Å². The Morgan fingerprint density at radius 1 is 1.59 bits per heavy atom. The van der Waals surface area contributed by atoms with E-state index in [9.17, 15) is 4.79 Å². The predicted octanol–water partition coefficient (Wildman–Crippen LogP) is 1.14. The first-order chi connectivity index (χ1) is 8.11. The molecule has 1 amide bonds. The summed E-state index contributed by atoms with van der Waals surface area (Å²) in [5, 5.41) is 14.4. The summed E-state index contributed by atoms with van der Waals surface area (Å²) < 4.78 is 0. The second-order valence-electron chi connectivity index (χ2n) is 4.09. The molecule has 5 nitrogen and oxygen atoms in total. The fourth-order valence-corrected chi connectivity index (χ4v) is 1.16. The van der Waals surface area contributed by atoms with Gasteiger partial charge in [-0.1, -0.05) is 13.8 Å². The van der Waals surface area contributed by atoms with Gasteiger partial charge in [-0.25, -0.2) is 4.98 Å². The second kappa shape index (κ2) is 6.48. The number of rotatable bonds is 5. The highest BCUT2D eigenvalue weighted by atomic mass is 16.1. The minimum absolute atomic E-state index is 0.0611. The Morgan fingerprint density at radius 3 is 3.00 bits per heavy atom. The van der Waals surface area contributed by atoms with E-state index in [0.29, 0.717) is 18.2 Å². The first-order valence-corrected chi connectivity index (χ1v) is 5.48. The van der Waals surface area contributed by atoms with Gasteiger partial charge in [0.1, 0.15) is 11.8 Å². The van der Waals surface area contributed by atoms with Gasteiger partial charge in [-0.05, 0) is 18.1 Å². The third-order valence-corrected chi connectivity index (χ3v) is 2.04. The molecule has 1 aromatic rings. The van der Waals surface area contributed by atoms with Crippen molar-refractivity contribution >= 4 is 11.6 Å². The highest BCUT2D eigenvalue weighted by Gasteiger charge is 2.02. The smallest absolute Gasteiger partial charge is 0.239 e.